The molecule has 2 rings (SSSR count). The molecule has 0 radical (unpaired) electrons. The lowest BCUT2D eigenvalue weighted by molar-refractivity contribution is -0.136. The SMILES string of the molecule is Cc1cc(Cl)c2ccc(CCC(=O)O)cc2n1. The Morgan fingerprint density at radius 1 is 1.41 bits per heavy atom. The van der Waals surface area contributed by atoms with Gasteiger partial charge in [-0.1, -0.05) is 23.7 Å². The Labute approximate surface area is 104 Å². The molecule has 0 spiro atoms. The Balaban J connectivity index is 2.39. The summed E-state index contributed by atoms with van der Waals surface area (Å²) in [4.78, 5) is 14.9. The van der Waals surface area contributed by atoms with E-state index in [0.717, 1.165) is 22.2 Å². The summed E-state index contributed by atoms with van der Waals surface area (Å²) in [7, 11) is 0. The Hall–Kier alpha value is -1.61. The van der Waals surface area contributed by atoms with Gasteiger partial charge in [-0.3, -0.25) is 9.78 Å². The molecule has 2 aromatic rings. The van der Waals surface area contributed by atoms with E-state index in [2.05, 4.69) is 4.98 Å². The Bertz CT molecular complexity index is 581. The second kappa shape index (κ2) is 4.72. The summed E-state index contributed by atoms with van der Waals surface area (Å²) >= 11 is 6.11. The number of fused-ring (bicyclic) bond motifs is 1. The quantitative estimate of drug-likeness (QED) is 0.909. The number of carboxylic acids is 1. The van der Waals surface area contributed by atoms with Crippen molar-refractivity contribution in [3.05, 3.63) is 40.5 Å². The van der Waals surface area contributed by atoms with E-state index in [1.807, 2.05) is 31.2 Å². The molecule has 0 aliphatic rings. The average molecular weight is 250 g/mol. The third kappa shape index (κ3) is 2.74. The van der Waals surface area contributed by atoms with Crippen molar-refractivity contribution in [3.8, 4) is 0 Å². The number of benzene rings is 1. The van der Waals surface area contributed by atoms with Gasteiger partial charge in [-0.2, -0.15) is 0 Å². The summed E-state index contributed by atoms with van der Waals surface area (Å²) in [5.41, 5.74) is 2.64. The predicted molar refractivity (Wildman–Crippen MR) is 67.4 cm³/mol. The smallest absolute Gasteiger partial charge is 0.303 e. The highest BCUT2D eigenvalue weighted by molar-refractivity contribution is 6.35. The first-order valence-corrected chi connectivity index (χ1v) is 5.71. The number of aryl methyl sites for hydroxylation is 2. The molecule has 1 aromatic heterocycles. The molecule has 0 bridgehead atoms. The van der Waals surface area contributed by atoms with E-state index in [0.29, 0.717) is 11.4 Å². The Morgan fingerprint density at radius 2 is 2.18 bits per heavy atom. The molecule has 3 nitrogen and oxygen atoms in total. The molecule has 88 valence electrons. The van der Waals surface area contributed by atoms with E-state index in [9.17, 15) is 4.79 Å². The van der Waals surface area contributed by atoms with Gasteiger partial charge in [0.15, 0.2) is 0 Å². The number of halogens is 1. The Morgan fingerprint density at radius 3 is 2.88 bits per heavy atom. The van der Waals surface area contributed by atoms with Crippen molar-refractivity contribution < 1.29 is 9.90 Å². The second-order valence-electron chi connectivity index (χ2n) is 3.99. The third-order valence-electron chi connectivity index (χ3n) is 2.58. The molecule has 17 heavy (non-hydrogen) atoms. The maximum Gasteiger partial charge on any atom is 0.303 e. The fraction of sp³-hybridized carbons (Fsp3) is 0.231. The van der Waals surface area contributed by atoms with Crippen molar-refractivity contribution >= 4 is 28.5 Å². The standard InChI is InChI=1S/C13H12ClNO2/c1-8-6-11(14)10-4-2-9(3-5-13(16)17)7-12(10)15-8/h2,4,6-7H,3,5H2,1H3,(H,16,17). The average Bonchev–Trinajstić information content (AvgIpc) is 2.25. The molecule has 0 unspecified atom stereocenters. The highest BCUT2D eigenvalue weighted by Gasteiger charge is 2.04. The van der Waals surface area contributed by atoms with Crippen molar-refractivity contribution in [2.24, 2.45) is 0 Å². The van der Waals surface area contributed by atoms with Crippen LogP contribution in [0.1, 0.15) is 17.7 Å². The van der Waals surface area contributed by atoms with Crippen molar-refractivity contribution in [1.82, 2.24) is 4.98 Å². The van der Waals surface area contributed by atoms with Crippen LogP contribution in [-0.2, 0) is 11.2 Å². The lowest BCUT2D eigenvalue weighted by Crippen LogP contribution is -1.97. The van der Waals surface area contributed by atoms with E-state index >= 15 is 0 Å². The summed E-state index contributed by atoms with van der Waals surface area (Å²) in [5.74, 6) is -0.791. The van der Waals surface area contributed by atoms with Crippen molar-refractivity contribution in [3.63, 3.8) is 0 Å². The van der Waals surface area contributed by atoms with Crippen LogP contribution in [0.4, 0.5) is 0 Å². The zero-order valence-electron chi connectivity index (χ0n) is 9.40. The largest absolute Gasteiger partial charge is 0.481 e. The number of carboxylic acid groups (broad SMARTS) is 1. The molecule has 0 saturated heterocycles. The van der Waals surface area contributed by atoms with Crippen molar-refractivity contribution in [1.29, 1.82) is 0 Å². The molecular formula is C13H12ClNO2. The van der Waals surface area contributed by atoms with Crippen LogP contribution in [-0.4, -0.2) is 16.1 Å². The minimum absolute atomic E-state index is 0.130. The molecule has 0 amide bonds. The molecule has 1 aromatic carbocycles. The molecular weight excluding hydrogens is 238 g/mol. The maximum absolute atomic E-state index is 10.5. The van der Waals surface area contributed by atoms with Gasteiger partial charge in [0.1, 0.15) is 0 Å². The van der Waals surface area contributed by atoms with E-state index in [-0.39, 0.29) is 6.42 Å². The van der Waals surface area contributed by atoms with Gasteiger partial charge in [-0.05, 0) is 31.0 Å². The number of aliphatic carboxylic acids is 1. The lowest BCUT2D eigenvalue weighted by Gasteiger charge is -2.04. The molecule has 0 fully saturated rings. The van der Waals surface area contributed by atoms with Crippen LogP contribution >= 0.6 is 11.6 Å². The van der Waals surface area contributed by atoms with Gasteiger partial charge < -0.3 is 5.11 Å². The maximum atomic E-state index is 10.5. The molecule has 0 aliphatic heterocycles. The van der Waals surface area contributed by atoms with Gasteiger partial charge in [0, 0.05) is 17.5 Å². The normalized spacial score (nSPS) is 10.7. The molecule has 1 heterocycles. The zero-order valence-corrected chi connectivity index (χ0v) is 10.2. The predicted octanol–water partition coefficient (Wildman–Crippen LogP) is 3.21. The first-order chi connectivity index (χ1) is 8.06. The summed E-state index contributed by atoms with van der Waals surface area (Å²) in [6.45, 7) is 1.88. The van der Waals surface area contributed by atoms with Crippen LogP contribution in [0.15, 0.2) is 24.3 Å². The molecule has 0 aliphatic carbocycles. The monoisotopic (exact) mass is 249 g/mol. The minimum Gasteiger partial charge on any atom is -0.481 e. The number of carbonyl (C=O) groups is 1. The van der Waals surface area contributed by atoms with E-state index in [1.54, 1.807) is 0 Å². The highest BCUT2D eigenvalue weighted by Crippen LogP contribution is 2.24. The molecule has 1 N–H and O–H groups in total. The Kier molecular flexibility index (Phi) is 3.29. The second-order valence-corrected chi connectivity index (χ2v) is 4.40. The van der Waals surface area contributed by atoms with Gasteiger partial charge in [-0.25, -0.2) is 0 Å². The van der Waals surface area contributed by atoms with Gasteiger partial charge >= 0.3 is 5.97 Å². The van der Waals surface area contributed by atoms with Crippen molar-refractivity contribution in [2.45, 2.75) is 19.8 Å². The van der Waals surface area contributed by atoms with Crippen molar-refractivity contribution in [2.75, 3.05) is 0 Å². The van der Waals surface area contributed by atoms with Crippen LogP contribution in [0.25, 0.3) is 10.9 Å². The molecule has 0 atom stereocenters. The van der Waals surface area contributed by atoms with Gasteiger partial charge in [0.05, 0.1) is 10.5 Å². The molecule has 0 saturated carbocycles. The molecule has 4 heteroatoms. The summed E-state index contributed by atoms with van der Waals surface area (Å²) in [6, 6.07) is 7.51. The number of nitrogens with zero attached hydrogens (tertiary/aromatic N) is 1. The van der Waals surface area contributed by atoms with Crippen LogP contribution in [0.5, 0.6) is 0 Å². The van der Waals surface area contributed by atoms with Crippen LogP contribution in [0, 0.1) is 6.92 Å². The number of rotatable bonds is 3. The van der Waals surface area contributed by atoms with E-state index in [1.165, 1.54) is 0 Å². The third-order valence-corrected chi connectivity index (χ3v) is 2.89. The number of aromatic nitrogens is 1. The lowest BCUT2D eigenvalue weighted by atomic mass is 10.1. The summed E-state index contributed by atoms with van der Waals surface area (Å²) in [6.07, 6.45) is 0.642. The number of hydrogen-bond acceptors (Lipinski definition) is 2. The van der Waals surface area contributed by atoms with E-state index < -0.39 is 5.97 Å². The number of hydrogen-bond donors (Lipinski definition) is 1. The van der Waals surface area contributed by atoms with Gasteiger partial charge in [-0.15, -0.1) is 0 Å². The topological polar surface area (TPSA) is 50.2 Å². The first-order valence-electron chi connectivity index (χ1n) is 5.34. The summed E-state index contributed by atoms with van der Waals surface area (Å²) in [5, 5.41) is 10.2. The summed E-state index contributed by atoms with van der Waals surface area (Å²) < 4.78 is 0. The van der Waals surface area contributed by atoms with Crippen LogP contribution in [0.3, 0.4) is 0 Å². The fourth-order valence-electron chi connectivity index (χ4n) is 1.76. The van der Waals surface area contributed by atoms with Crippen LogP contribution < -0.4 is 0 Å². The zero-order chi connectivity index (χ0) is 12.4. The fourth-order valence-corrected chi connectivity index (χ4v) is 2.08. The van der Waals surface area contributed by atoms with E-state index in [4.69, 9.17) is 16.7 Å². The highest BCUT2D eigenvalue weighted by atomic mass is 35.5. The first kappa shape index (κ1) is 11.9. The van der Waals surface area contributed by atoms with Gasteiger partial charge in [0.2, 0.25) is 0 Å². The van der Waals surface area contributed by atoms with Gasteiger partial charge in [0.25, 0.3) is 0 Å². The number of pyridine rings is 1. The van der Waals surface area contributed by atoms with Crippen LogP contribution in [0.2, 0.25) is 5.02 Å². The minimum atomic E-state index is -0.791.